The number of para-hydroxylation sites is 1. The van der Waals surface area contributed by atoms with Gasteiger partial charge in [-0.3, -0.25) is 0 Å². The largest absolute Gasteiger partial charge is 0.422 e. The van der Waals surface area contributed by atoms with Gasteiger partial charge in [-0.25, -0.2) is 9.89 Å². The van der Waals surface area contributed by atoms with Crippen LogP contribution < -0.4 is 10.2 Å². The van der Waals surface area contributed by atoms with Gasteiger partial charge in [0.05, 0.1) is 11.3 Å². The summed E-state index contributed by atoms with van der Waals surface area (Å²) in [6.07, 6.45) is 0. The predicted octanol–water partition coefficient (Wildman–Crippen LogP) is 0.382. The third kappa shape index (κ3) is 1.94. The zero-order valence-corrected chi connectivity index (χ0v) is 11.6. The van der Waals surface area contributed by atoms with Crippen molar-refractivity contribution in [3.63, 3.8) is 0 Å². The molecule has 4 nitrogen and oxygen atoms in total. The molecule has 0 aliphatic rings. The smallest absolute Gasteiger partial charge is 0.351 e. The minimum atomic E-state index is -0.373. The minimum absolute atomic E-state index is 0.373. The summed E-state index contributed by atoms with van der Waals surface area (Å²) < 4.78 is 7.77. The van der Waals surface area contributed by atoms with Crippen molar-refractivity contribution in [3.05, 3.63) is 46.8 Å². The molecule has 0 N–H and O–H groups in total. The third-order valence-electron chi connectivity index (χ3n) is 2.68. The van der Waals surface area contributed by atoms with Crippen LogP contribution in [0.4, 0.5) is 0 Å². The van der Waals surface area contributed by atoms with E-state index in [2.05, 4.69) is 37.9 Å². The highest BCUT2D eigenvalue weighted by Crippen LogP contribution is 2.18. The zero-order valence-electron chi connectivity index (χ0n) is 9.33. The molecule has 0 aliphatic heterocycles. The number of nitrogens with zero attached hydrogens (tertiary/aromatic N) is 2. The molecule has 0 aliphatic carbocycles. The summed E-state index contributed by atoms with van der Waals surface area (Å²) in [5, 5.41) is 5.13. The van der Waals surface area contributed by atoms with E-state index in [4.69, 9.17) is 4.42 Å². The van der Waals surface area contributed by atoms with E-state index in [1.54, 1.807) is 15.8 Å². The fourth-order valence-corrected chi connectivity index (χ4v) is 2.20. The minimum Gasteiger partial charge on any atom is -0.422 e. The summed E-state index contributed by atoms with van der Waals surface area (Å²) in [7, 11) is 0. The standard InChI is InChI=1S/C12H6N2O2.2Al/c15-12-9(10-5-6-13-14-10)7-8-3-1-2-4-11(8)16-12;;/h1-5,7H;;/q-1;;+1. The normalized spacial score (nSPS) is 10.9. The number of benzene rings is 1. The van der Waals surface area contributed by atoms with Crippen molar-refractivity contribution in [2.24, 2.45) is 0 Å². The number of aromatic nitrogens is 2. The van der Waals surface area contributed by atoms with Crippen molar-refractivity contribution < 1.29 is 4.42 Å². The van der Waals surface area contributed by atoms with Crippen LogP contribution in [-0.2, 0) is 0 Å². The fourth-order valence-electron chi connectivity index (χ4n) is 1.78. The first-order valence-electron chi connectivity index (χ1n) is 5.29. The second-order valence-electron chi connectivity index (χ2n) is 3.88. The van der Waals surface area contributed by atoms with Crippen molar-refractivity contribution >= 4 is 48.3 Å². The zero-order chi connectivity index (χ0) is 12.7. The van der Waals surface area contributed by atoms with Crippen molar-refractivity contribution in [3.8, 4) is 11.3 Å². The lowest BCUT2D eigenvalue weighted by molar-refractivity contribution is 0.563. The molecule has 3 rings (SSSR count). The molecule has 6 heteroatoms. The van der Waals surface area contributed by atoms with Crippen LogP contribution >= 0.6 is 0 Å². The molecular weight excluding hydrogens is 258 g/mol. The van der Waals surface area contributed by atoms with E-state index in [1.807, 2.05) is 24.3 Å². The summed E-state index contributed by atoms with van der Waals surface area (Å²) in [6, 6.07) is 11.0. The SMILES string of the molecule is O=c1oc2ccccc2cc1-c1c[c]([Al])[n]([Al])n1. The van der Waals surface area contributed by atoms with Gasteiger partial charge in [-0.2, -0.15) is 0 Å². The Morgan fingerprint density at radius 1 is 1.22 bits per heavy atom. The van der Waals surface area contributed by atoms with Gasteiger partial charge in [0.15, 0.2) is 0 Å². The van der Waals surface area contributed by atoms with Gasteiger partial charge in [0.2, 0.25) is 16.3 Å². The van der Waals surface area contributed by atoms with E-state index in [1.165, 1.54) is 0 Å². The highest BCUT2D eigenvalue weighted by atomic mass is 27.1. The first-order chi connectivity index (χ1) is 8.65. The van der Waals surface area contributed by atoms with Gasteiger partial charge in [0, 0.05) is 5.39 Å². The second-order valence-corrected chi connectivity index (χ2v) is 4.97. The fraction of sp³-hybridized carbons (Fsp3) is 0. The molecule has 1 aromatic carbocycles. The lowest BCUT2D eigenvalue weighted by Crippen LogP contribution is -2.15. The van der Waals surface area contributed by atoms with E-state index < -0.39 is 0 Å². The maximum absolute atomic E-state index is 11.9. The molecule has 0 amide bonds. The lowest BCUT2D eigenvalue weighted by atomic mass is 10.1. The number of hydrogen-bond acceptors (Lipinski definition) is 3. The Balaban J connectivity index is 2.29. The number of rotatable bonds is 1. The first-order valence-corrected chi connectivity index (χ1v) is 6.38. The molecule has 0 spiro atoms. The Morgan fingerprint density at radius 3 is 2.72 bits per heavy atom. The number of fused-ring (bicyclic) bond motifs is 1. The van der Waals surface area contributed by atoms with Crippen LogP contribution in [0.1, 0.15) is 0 Å². The lowest BCUT2D eigenvalue weighted by Gasteiger charge is -1.99. The summed E-state index contributed by atoms with van der Waals surface area (Å²) in [5.41, 5.74) is 1.29. The molecule has 0 atom stereocenters. The highest BCUT2D eigenvalue weighted by Gasteiger charge is 2.10. The van der Waals surface area contributed by atoms with Gasteiger partial charge in [0.1, 0.15) is 5.58 Å². The van der Waals surface area contributed by atoms with Crippen molar-refractivity contribution in [2.75, 3.05) is 0 Å². The van der Waals surface area contributed by atoms with Crippen molar-refractivity contribution in [2.45, 2.75) is 0 Å². The molecule has 2 heterocycles. The van der Waals surface area contributed by atoms with Crippen LogP contribution in [0.15, 0.2) is 45.6 Å². The van der Waals surface area contributed by atoms with Gasteiger partial charge in [-0.15, -0.1) is 0 Å². The average Bonchev–Trinajstić information content (AvgIpc) is 2.68. The third-order valence-corrected chi connectivity index (χ3v) is 3.82. The van der Waals surface area contributed by atoms with Gasteiger partial charge in [-0.05, 0) is 18.2 Å². The molecule has 18 heavy (non-hydrogen) atoms. The Morgan fingerprint density at radius 2 is 2.00 bits per heavy atom. The molecule has 0 bridgehead atoms. The van der Waals surface area contributed by atoms with Crippen LogP contribution in [0, 0.1) is 0 Å². The Labute approximate surface area is 119 Å². The first kappa shape index (κ1) is 11.8. The average molecular weight is 264 g/mol. The van der Waals surface area contributed by atoms with Crippen LogP contribution in [0.25, 0.3) is 22.2 Å². The Hall–Kier alpha value is -1.30. The van der Waals surface area contributed by atoms with Gasteiger partial charge in [-0.1, -0.05) is 22.8 Å². The summed E-state index contributed by atoms with van der Waals surface area (Å²) in [6.45, 7) is 0. The predicted molar refractivity (Wildman–Crippen MR) is 70.2 cm³/mol. The van der Waals surface area contributed by atoms with Crippen LogP contribution in [0.5, 0.6) is 0 Å². The van der Waals surface area contributed by atoms with Gasteiger partial charge >= 0.3 is 22.1 Å². The van der Waals surface area contributed by atoms with Gasteiger partial charge < -0.3 is 8.08 Å². The van der Waals surface area contributed by atoms with Gasteiger partial charge in [0.25, 0.3) is 0 Å². The molecule has 0 saturated carbocycles. The van der Waals surface area contributed by atoms with E-state index in [9.17, 15) is 4.79 Å². The molecule has 3 aromatic rings. The van der Waals surface area contributed by atoms with Crippen LogP contribution in [0.3, 0.4) is 0 Å². The molecule has 0 fully saturated rings. The molecule has 0 unspecified atom stereocenters. The maximum atomic E-state index is 11.9. The monoisotopic (exact) mass is 264 g/mol. The maximum Gasteiger partial charge on any atom is 0.351 e. The molecular formula is C12H6Al2N2O2. The quantitative estimate of drug-likeness (QED) is 0.471. The van der Waals surface area contributed by atoms with E-state index in [-0.39, 0.29) is 5.63 Å². The molecule has 4 radical (unpaired) electrons. The van der Waals surface area contributed by atoms with E-state index in [0.717, 1.165) is 9.94 Å². The van der Waals surface area contributed by atoms with Crippen molar-refractivity contribution in [1.82, 2.24) is 8.76 Å². The van der Waals surface area contributed by atoms with E-state index in [0.29, 0.717) is 16.8 Å². The number of hydrogen-bond donors (Lipinski definition) is 0. The summed E-state index contributed by atoms with van der Waals surface area (Å²) >= 11 is 5.01. The van der Waals surface area contributed by atoms with Crippen LogP contribution in [-0.4, -0.2) is 41.6 Å². The highest BCUT2D eigenvalue weighted by molar-refractivity contribution is 6.34. The van der Waals surface area contributed by atoms with Crippen LogP contribution in [0.2, 0.25) is 0 Å². The van der Waals surface area contributed by atoms with Crippen molar-refractivity contribution in [1.29, 1.82) is 0 Å². The molecule has 82 valence electrons. The molecule has 0 saturated heterocycles. The Bertz CT molecular complexity index is 773. The molecule has 2 aromatic heterocycles. The summed E-state index contributed by atoms with van der Waals surface area (Å²) in [5.74, 6) is 0. The second kappa shape index (κ2) is 4.42. The van der Waals surface area contributed by atoms with E-state index >= 15 is 0 Å². The topological polar surface area (TPSA) is 48.0 Å². The summed E-state index contributed by atoms with van der Waals surface area (Å²) in [4.78, 5) is 11.9. The Kier molecular flexibility index (Phi) is 2.89.